The summed E-state index contributed by atoms with van der Waals surface area (Å²) in [6.45, 7) is 3.23. The van der Waals surface area contributed by atoms with E-state index in [0.717, 1.165) is 30.8 Å². The molecular weight excluding hydrogens is 378 g/mol. The maximum atomic E-state index is 12.2. The third kappa shape index (κ3) is 4.42. The number of amides is 1. The first-order valence-electron chi connectivity index (χ1n) is 9.15. The molecule has 0 unspecified atom stereocenters. The van der Waals surface area contributed by atoms with Gasteiger partial charge in [0.1, 0.15) is 5.76 Å². The smallest absolute Gasteiger partial charge is 0.236 e. The van der Waals surface area contributed by atoms with Crippen LogP contribution < -0.4 is 5.32 Å². The van der Waals surface area contributed by atoms with Crippen molar-refractivity contribution in [2.24, 2.45) is 0 Å². The molecule has 9 heteroatoms. The number of aromatic nitrogens is 4. The van der Waals surface area contributed by atoms with E-state index in [9.17, 15) is 4.79 Å². The molecule has 4 rings (SSSR count). The normalized spacial score (nSPS) is 16.4. The van der Waals surface area contributed by atoms with E-state index in [1.807, 2.05) is 34.9 Å². The summed E-state index contributed by atoms with van der Waals surface area (Å²) in [6.07, 6.45) is 2.22. The first-order chi connectivity index (χ1) is 13.7. The number of nitrogens with one attached hydrogen (secondary N) is 1. The van der Waals surface area contributed by atoms with Crippen molar-refractivity contribution in [3.8, 4) is 11.4 Å². The van der Waals surface area contributed by atoms with Crippen LogP contribution in [0.25, 0.3) is 11.4 Å². The van der Waals surface area contributed by atoms with Crippen LogP contribution in [-0.2, 0) is 16.1 Å². The molecule has 1 N–H and O–H groups in total. The van der Waals surface area contributed by atoms with E-state index in [4.69, 9.17) is 9.26 Å². The Morgan fingerprint density at radius 1 is 1.32 bits per heavy atom. The van der Waals surface area contributed by atoms with Crippen LogP contribution in [0.15, 0.2) is 46.1 Å². The second kappa shape index (κ2) is 8.57. The lowest BCUT2D eigenvalue weighted by Gasteiger charge is -2.14. The van der Waals surface area contributed by atoms with Gasteiger partial charge in [-0.25, -0.2) is 0 Å². The van der Waals surface area contributed by atoms with Gasteiger partial charge in [-0.15, -0.1) is 10.2 Å². The van der Waals surface area contributed by atoms with Gasteiger partial charge >= 0.3 is 0 Å². The van der Waals surface area contributed by atoms with Crippen molar-refractivity contribution in [1.82, 2.24) is 19.9 Å². The number of thioether (sulfide) groups is 1. The van der Waals surface area contributed by atoms with Crippen molar-refractivity contribution in [2.45, 2.75) is 37.6 Å². The fourth-order valence-corrected chi connectivity index (χ4v) is 3.83. The highest BCUT2D eigenvalue weighted by Gasteiger charge is 2.22. The molecule has 28 heavy (non-hydrogen) atoms. The predicted octanol–water partition coefficient (Wildman–Crippen LogP) is 3.15. The fraction of sp³-hybridized carbons (Fsp3) is 0.368. The standard InChI is InChI=1S/C19H21N5O3S/c1-13-10-16(23-27-13)20-17(25)12-28-19-22-21-18(14-6-3-2-4-7-14)24(19)11-15-8-5-9-26-15/h2-4,6-7,10,15H,5,8-9,11-12H2,1H3,(H,20,23,25)/t15-/m0/s1. The third-order valence-corrected chi connectivity index (χ3v) is 5.35. The van der Waals surface area contributed by atoms with Gasteiger partial charge in [0.15, 0.2) is 16.8 Å². The summed E-state index contributed by atoms with van der Waals surface area (Å²) in [5.74, 6) is 1.86. The van der Waals surface area contributed by atoms with Crippen LogP contribution in [0.5, 0.6) is 0 Å². The second-order valence-electron chi connectivity index (χ2n) is 6.58. The number of carbonyl (C=O) groups excluding carboxylic acids is 1. The Morgan fingerprint density at radius 2 is 2.18 bits per heavy atom. The molecule has 0 aliphatic carbocycles. The molecule has 0 bridgehead atoms. The Bertz CT molecular complexity index is 934. The maximum absolute atomic E-state index is 12.2. The number of hydrogen-bond donors (Lipinski definition) is 1. The van der Waals surface area contributed by atoms with Crippen molar-refractivity contribution in [3.05, 3.63) is 42.2 Å². The first-order valence-corrected chi connectivity index (χ1v) is 10.1. The Kier molecular flexibility index (Phi) is 5.73. The fourth-order valence-electron chi connectivity index (χ4n) is 3.09. The molecule has 0 saturated carbocycles. The molecule has 1 aliphatic heterocycles. The third-order valence-electron chi connectivity index (χ3n) is 4.39. The number of ether oxygens (including phenoxy) is 1. The Balaban J connectivity index is 1.49. The lowest BCUT2D eigenvalue weighted by Crippen LogP contribution is -2.18. The molecule has 2 aromatic heterocycles. The Labute approximate surface area is 166 Å². The van der Waals surface area contributed by atoms with Gasteiger partial charge in [-0.1, -0.05) is 47.3 Å². The largest absolute Gasteiger partial charge is 0.376 e. The zero-order chi connectivity index (χ0) is 19.3. The van der Waals surface area contributed by atoms with Crippen LogP contribution in [0.1, 0.15) is 18.6 Å². The number of nitrogens with zero attached hydrogens (tertiary/aromatic N) is 4. The molecule has 1 aliphatic rings. The number of carbonyl (C=O) groups is 1. The monoisotopic (exact) mass is 399 g/mol. The van der Waals surface area contributed by atoms with Crippen molar-refractivity contribution in [1.29, 1.82) is 0 Å². The summed E-state index contributed by atoms with van der Waals surface area (Å²) in [5.41, 5.74) is 0.988. The minimum atomic E-state index is -0.175. The maximum Gasteiger partial charge on any atom is 0.236 e. The van der Waals surface area contributed by atoms with E-state index in [2.05, 4.69) is 20.7 Å². The van der Waals surface area contributed by atoms with Crippen LogP contribution >= 0.6 is 11.8 Å². The van der Waals surface area contributed by atoms with Crippen molar-refractivity contribution < 1.29 is 14.1 Å². The van der Waals surface area contributed by atoms with E-state index in [-0.39, 0.29) is 17.8 Å². The molecule has 146 valence electrons. The van der Waals surface area contributed by atoms with Crippen molar-refractivity contribution in [2.75, 3.05) is 17.7 Å². The highest BCUT2D eigenvalue weighted by Crippen LogP contribution is 2.26. The van der Waals surface area contributed by atoms with Gasteiger partial charge in [0, 0.05) is 18.2 Å². The minimum Gasteiger partial charge on any atom is -0.376 e. The average molecular weight is 399 g/mol. The Hall–Kier alpha value is -2.65. The van der Waals surface area contributed by atoms with Gasteiger partial charge in [0.2, 0.25) is 5.91 Å². The van der Waals surface area contributed by atoms with E-state index in [1.54, 1.807) is 13.0 Å². The number of rotatable bonds is 7. The number of aryl methyl sites for hydroxylation is 1. The first kappa shape index (κ1) is 18.7. The van der Waals surface area contributed by atoms with E-state index >= 15 is 0 Å². The van der Waals surface area contributed by atoms with Crippen LogP contribution in [-0.4, -0.2) is 44.3 Å². The molecule has 1 aromatic carbocycles. The molecule has 1 saturated heterocycles. The summed E-state index contributed by atoms with van der Waals surface area (Å²) in [4.78, 5) is 12.2. The van der Waals surface area contributed by atoms with E-state index in [0.29, 0.717) is 23.3 Å². The summed E-state index contributed by atoms with van der Waals surface area (Å²) >= 11 is 1.34. The molecule has 1 amide bonds. The molecule has 3 aromatic rings. The summed E-state index contributed by atoms with van der Waals surface area (Å²) in [5, 5.41) is 15.9. The lowest BCUT2D eigenvalue weighted by molar-refractivity contribution is -0.113. The van der Waals surface area contributed by atoms with Gasteiger partial charge < -0.3 is 14.6 Å². The van der Waals surface area contributed by atoms with Crippen LogP contribution in [0.4, 0.5) is 5.82 Å². The van der Waals surface area contributed by atoms with Crippen molar-refractivity contribution in [3.63, 3.8) is 0 Å². The Morgan fingerprint density at radius 3 is 2.89 bits per heavy atom. The highest BCUT2D eigenvalue weighted by molar-refractivity contribution is 7.99. The lowest BCUT2D eigenvalue weighted by atomic mass is 10.2. The van der Waals surface area contributed by atoms with Crippen LogP contribution in [0.2, 0.25) is 0 Å². The quantitative estimate of drug-likeness (QED) is 0.610. The summed E-state index contributed by atoms with van der Waals surface area (Å²) in [7, 11) is 0. The van der Waals surface area contributed by atoms with Crippen LogP contribution in [0, 0.1) is 6.92 Å². The van der Waals surface area contributed by atoms with Gasteiger partial charge in [-0.2, -0.15) is 0 Å². The van der Waals surface area contributed by atoms with Crippen LogP contribution in [0.3, 0.4) is 0 Å². The summed E-state index contributed by atoms with van der Waals surface area (Å²) in [6, 6.07) is 11.6. The molecule has 8 nitrogen and oxygen atoms in total. The molecule has 1 atom stereocenters. The predicted molar refractivity (Wildman–Crippen MR) is 105 cm³/mol. The minimum absolute atomic E-state index is 0.143. The van der Waals surface area contributed by atoms with E-state index in [1.165, 1.54) is 11.8 Å². The molecule has 0 radical (unpaired) electrons. The number of benzene rings is 1. The average Bonchev–Trinajstić information content (AvgIpc) is 3.44. The zero-order valence-electron chi connectivity index (χ0n) is 15.5. The number of hydrogen-bond acceptors (Lipinski definition) is 7. The topological polar surface area (TPSA) is 95.1 Å². The highest BCUT2D eigenvalue weighted by atomic mass is 32.2. The van der Waals surface area contributed by atoms with Gasteiger partial charge in [0.25, 0.3) is 0 Å². The SMILES string of the molecule is Cc1cc(NC(=O)CSc2nnc(-c3ccccc3)n2C[C@@H]2CCCO2)no1. The van der Waals surface area contributed by atoms with Gasteiger partial charge in [-0.05, 0) is 19.8 Å². The van der Waals surface area contributed by atoms with Gasteiger partial charge in [0.05, 0.1) is 18.4 Å². The molecule has 3 heterocycles. The summed E-state index contributed by atoms with van der Waals surface area (Å²) < 4.78 is 12.8. The second-order valence-corrected chi connectivity index (χ2v) is 7.52. The van der Waals surface area contributed by atoms with Gasteiger partial charge in [-0.3, -0.25) is 9.36 Å². The van der Waals surface area contributed by atoms with E-state index < -0.39 is 0 Å². The zero-order valence-corrected chi connectivity index (χ0v) is 16.3. The van der Waals surface area contributed by atoms with Crippen molar-refractivity contribution >= 4 is 23.5 Å². The molecule has 1 fully saturated rings. The molecule has 0 spiro atoms. The number of anilines is 1. The molecular formula is C19H21N5O3S.